The fraction of sp³-hybridized carbons (Fsp3) is 0.875. The van der Waals surface area contributed by atoms with Crippen LogP contribution in [-0.2, 0) is 4.79 Å². The number of aliphatic carboxylic acids is 1. The summed E-state index contributed by atoms with van der Waals surface area (Å²) in [5, 5.41) is 71.4. The normalized spacial score (nSPS) is 22.3. The fourth-order valence-electron chi connectivity index (χ4n) is 1.07. The van der Waals surface area contributed by atoms with Crippen molar-refractivity contribution >= 4 is 5.97 Å². The summed E-state index contributed by atoms with van der Waals surface area (Å²) >= 11 is 0. The molecule has 0 rings (SSSR count). The van der Waals surface area contributed by atoms with Crippen molar-refractivity contribution in [2.24, 2.45) is 0 Å². The summed E-state index contributed by atoms with van der Waals surface area (Å²) in [5.41, 5.74) is 0. The standard InChI is InChI=1S/C8H16O9/c9-1-2(10)3(11)4(12)5(13)6(14)7(15)8(16)17/h2-7,9-15H,1H2,(H,16,17)/t2-,3-,4+,5+,6-,7-/m1/s1. The van der Waals surface area contributed by atoms with Gasteiger partial charge < -0.3 is 40.9 Å². The molecule has 0 spiro atoms. The van der Waals surface area contributed by atoms with Crippen LogP contribution in [0.2, 0.25) is 0 Å². The lowest BCUT2D eigenvalue weighted by Gasteiger charge is -2.29. The molecule has 102 valence electrons. The Hall–Kier alpha value is -0.810. The minimum atomic E-state index is -2.36. The summed E-state index contributed by atoms with van der Waals surface area (Å²) in [6.07, 6.45) is -12.8. The van der Waals surface area contributed by atoms with Gasteiger partial charge >= 0.3 is 5.97 Å². The molecule has 6 atom stereocenters. The van der Waals surface area contributed by atoms with Crippen LogP contribution < -0.4 is 0 Å². The second-order valence-electron chi connectivity index (χ2n) is 3.50. The predicted octanol–water partition coefficient (Wildman–Crippen LogP) is -4.77. The monoisotopic (exact) mass is 256 g/mol. The van der Waals surface area contributed by atoms with Gasteiger partial charge in [-0.05, 0) is 0 Å². The average molecular weight is 256 g/mol. The first-order valence-electron chi connectivity index (χ1n) is 4.66. The van der Waals surface area contributed by atoms with Crippen LogP contribution in [0.15, 0.2) is 0 Å². The number of hydrogen-bond donors (Lipinski definition) is 8. The zero-order valence-corrected chi connectivity index (χ0v) is 8.66. The van der Waals surface area contributed by atoms with Gasteiger partial charge in [0, 0.05) is 0 Å². The molecular weight excluding hydrogens is 240 g/mol. The van der Waals surface area contributed by atoms with E-state index in [-0.39, 0.29) is 0 Å². The van der Waals surface area contributed by atoms with Crippen molar-refractivity contribution in [2.45, 2.75) is 36.6 Å². The van der Waals surface area contributed by atoms with Gasteiger partial charge in [0.25, 0.3) is 0 Å². The third-order valence-corrected chi connectivity index (χ3v) is 2.21. The molecule has 0 aromatic rings. The van der Waals surface area contributed by atoms with Crippen LogP contribution in [0.1, 0.15) is 0 Å². The van der Waals surface area contributed by atoms with E-state index in [1.54, 1.807) is 0 Å². The summed E-state index contributed by atoms with van der Waals surface area (Å²) < 4.78 is 0. The van der Waals surface area contributed by atoms with E-state index < -0.39 is 49.2 Å². The second-order valence-corrected chi connectivity index (χ2v) is 3.50. The van der Waals surface area contributed by atoms with Crippen molar-refractivity contribution in [1.82, 2.24) is 0 Å². The van der Waals surface area contributed by atoms with E-state index in [9.17, 15) is 15.0 Å². The molecule has 17 heavy (non-hydrogen) atoms. The van der Waals surface area contributed by atoms with Crippen LogP contribution >= 0.6 is 0 Å². The maximum absolute atomic E-state index is 10.3. The molecule has 0 unspecified atom stereocenters. The van der Waals surface area contributed by atoms with Gasteiger partial charge in [0.2, 0.25) is 0 Å². The van der Waals surface area contributed by atoms with Crippen molar-refractivity contribution in [3.05, 3.63) is 0 Å². The Kier molecular flexibility index (Phi) is 6.49. The van der Waals surface area contributed by atoms with Crippen molar-refractivity contribution in [3.63, 3.8) is 0 Å². The van der Waals surface area contributed by atoms with Gasteiger partial charge in [-0.2, -0.15) is 0 Å². The Balaban J connectivity index is 4.58. The minimum absolute atomic E-state index is 0.914. The minimum Gasteiger partial charge on any atom is -0.479 e. The van der Waals surface area contributed by atoms with Gasteiger partial charge in [-0.15, -0.1) is 0 Å². The SMILES string of the molecule is O=C(O)[C@H](O)[C@H](O)[C@@H](O)[C@@H](O)[C@H](O)[C@H](O)CO. The van der Waals surface area contributed by atoms with E-state index >= 15 is 0 Å². The molecule has 0 fully saturated rings. The van der Waals surface area contributed by atoms with E-state index in [0.717, 1.165) is 0 Å². The maximum atomic E-state index is 10.3. The molecule has 0 saturated heterocycles. The predicted molar refractivity (Wildman–Crippen MR) is 50.8 cm³/mol. The number of carbonyl (C=O) groups is 1. The molecule has 0 aliphatic carbocycles. The Morgan fingerprint density at radius 1 is 0.824 bits per heavy atom. The van der Waals surface area contributed by atoms with Gasteiger partial charge in [-0.1, -0.05) is 0 Å². The topological polar surface area (TPSA) is 179 Å². The third-order valence-electron chi connectivity index (χ3n) is 2.21. The molecule has 9 nitrogen and oxygen atoms in total. The highest BCUT2D eigenvalue weighted by Crippen LogP contribution is 2.11. The molecule has 8 N–H and O–H groups in total. The third kappa shape index (κ3) is 4.16. The Morgan fingerprint density at radius 2 is 1.24 bits per heavy atom. The molecule has 0 aliphatic heterocycles. The lowest BCUT2D eigenvalue weighted by atomic mass is 9.96. The summed E-state index contributed by atoms with van der Waals surface area (Å²) in [7, 11) is 0. The molecule has 0 aromatic carbocycles. The zero-order chi connectivity index (χ0) is 13.7. The quantitative estimate of drug-likeness (QED) is 0.222. The first-order chi connectivity index (χ1) is 7.73. The summed E-state index contributed by atoms with van der Waals surface area (Å²) in [6.45, 7) is -0.914. The summed E-state index contributed by atoms with van der Waals surface area (Å²) in [6, 6.07) is 0. The number of carboxylic acid groups (broad SMARTS) is 1. The first-order valence-corrected chi connectivity index (χ1v) is 4.66. The van der Waals surface area contributed by atoms with Crippen molar-refractivity contribution in [3.8, 4) is 0 Å². The summed E-state index contributed by atoms with van der Waals surface area (Å²) in [5.74, 6) is -1.83. The highest BCUT2D eigenvalue weighted by Gasteiger charge is 2.39. The number of carboxylic acids is 1. The number of aliphatic hydroxyl groups is 7. The van der Waals surface area contributed by atoms with Crippen LogP contribution in [-0.4, -0.2) is 90.1 Å². The van der Waals surface area contributed by atoms with E-state index in [0.29, 0.717) is 0 Å². The van der Waals surface area contributed by atoms with E-state index in [1.165, 1.54) is 0 Å². The van der Waals surface area contributed by atoms with E-state index in [1.807, 2.05) is 0 Å². The van der Waals surface area contributed by atoms with Gasteiger partial charge in [-0.25, -0.2) is 4.79 Å². The molecule has 0 heterocycles. The molecule has 0 amide bonds. The largest absolute Gasteiger partial charge is 0.479 e. The Bertz CT molecular complexity index is 245. The number of rotatable bonds is 7. The van der Waals surface area contributed by atoms with Gasteiger partial charge in [0.15, 0.2) is 6.10 Å². The Morgan fingerprint density at radius 3 is 1.59 bits per heavy atom. The van der Waals surface area contributed by atoms with Crippen molar-refractivity contribution in [1.29, 1.82) is 0 Å². The molecule has 9 heteroatoms. The van der Waals surface area contributed by atoms with Crippen LogP contribution in [0.3, 0.4) is 0 Å². The molecule has 0 bridgehead atoms. The molecule has 0 saturated carbocycles. The smallest absolute Gasteiger partial charge is 0.335 e. The molecule has 0 aliphatic rings. The van der Waals surface area contributed by atoms with Gasteiger partial charge in [0.05, 0.1) is 6.61 Å². The summed E-state index contributed by atoms with van der Waals surface area (Å²) in [4.78, 5) is 10.3. The second kappa shape index (κ2) is 6.81. The van der Waals surface area contributed by atoms with E-state index in [4.69, 9.17) is 30.6 Å². The zero-order valence-electron chi connectivity index (χ0n) is 8.66. The molecule has 0 aromatic heterocycles. The van der Waals surface area contributed by atoms with E-state index in [2.05, 4.69) is 0 Å². The van der Waals surface area contributed by atoms with Crippen molar-refractivity contribution in [2.75, 3.05) is 6.61 Å². The average Bonchev–Trinajstić information content (AvgIpc) is 2.32. The lowest BCUT2D eigenvalue weighted by molar-refractivity contribution is -0.175. The van der Waals surface area contributed by atoms with Gasteiger partial charge in [0.1, 0.15) is 30.5 Å². The van der Waals surface area contributed by atoms with Crippen LogP contribution in [0.5, 0.6) is 0 Å². The van der Waals surface area contributed by atoms with Crippen molar-refractivity contribution < 1.29 is 45.6 Å². The lowest BCUT2D eigenvalue weighted by Crippen LogP contribution is -2.54. The maximum Gasteiger partial charge on any atom is 0.335 e. The van der Waals surface area contributed by atoms with Crippen LogP contribution in [0.25, 0.3) is 0 Å². The van der Waals surface area contributed by atoms with Gasteiger partial charge in [-0.3, -0.25) is 0 Å². The van der Waals surface area contributed by atoms with Crippen LogP contribution in [0.4, 0.5) is 0 Å². The first kappa shape index (κ1) is 16.2. The highest BCUT2D eigenvalue weighted by atomic mass is 16.4. The highest BCUT2D eigenvalue weighted by molar-refractivity contribution is 5.72. The molecular formula is C8H16O9. The number of aliphatic hydroxyl groups excluding tert-OH is 7. The molecule has 0 radical (unpaired) electrons. The Labute approximate surface area is 95.8 Å². The van der Waals surface area contributed by atoms with Crippen LogP contribution in [0, 0.1) is 0 Å². The fourth-order valence-corrected chi connectivity index (χ4v) is 1.07. The number of hydrogen-bond acceptors (Lipinski definition) is 8.